The van der Waals surface area contributed by atoms with Crippen LogP contribution in [0.1, 0.15) is 6.92 Å². The zero-order valence-corrected chi connectivity index (χ0v) is 23.8. The van der Waals surface area contributed by atoms with E-state index in [1.165, 1.54) is 41.7 Å². The summed E-state index contributed by atoms with van der Waals surface area (Å²) < 4.78 is 71.9. The topological polar surface area (TPSA) is 132 Å². The Balaban J connectivity index is 1.62. The van der Waals surface area contributed by atoms with E-state index in [4.69, 9.17) is 14.2 Å². The first-order chi connectivity index (χ1) is 19.2. The summed E-state index contributed by atoms with van der Waals surface area (Å²) in [6.07, 6.45) is 0. The molecule has 0 aliphatic carbocycles. The number of hydrogen-bond donors (Lipinski definition) is 1. The van der Waals surface area contributed by atoms with Crippen LogP contribution in [0.2, 0.25) is 0 Å². The Morgan fingerprint density at radius 3 is 2.23 bits per heavy atom. The largest absolute Gasteiger partial charge is 0.495 e. The minimum absolute atomic E-state index is 0.0243. The number of morpholine rings is 1. The van der Waals surface area contributed by atoms with Crippen LogP contribution >= 0.6 is 0 Å². The molecule has 40 heavy (non-hydrogen) atoms. The molecule has 0 radical (unpaired) electrons. The molecule has 3 aromatic carbocycles. The number of nitrogens with zero attached hydrogens (tertiary/aromatic N) is 2. The Labute approximate surface area is 234 Å². The van der Waals surface area contributed by atoms with Gasteiger partial charge < -0.3 is 19.5 Å². The maximum Gasteiger partial charge on any atom is 0.264 e. The van der Waals surface area contributed by atoms with Crippen molar-refractivity contribution in [3.05, 3.63) is 72.8 Å². The number of rotatable bonds is 11. The first-order valence-electron chi connectivity index (χ1n) is 12.5. The summed E-state index contributed by atoms with van der Waals surface area (Å²) >= 11 is 0. The third kappa shape index (κ3) is 6.55. The summed E-state index contributed by atoms with van der Waals surface area (Å²) in [5.74, 6) is 0.0388. The van der Waals surface area contributed by atoms with Crippen molar-refractivity contribution in [3.63, 3.8) is 0 Å². The van der Waals surface area contributed by atoms with E-state index in [2.05, 4.69) is 5.32 Å². The van der Waals surface area contributed by atoms with Crippen molar-refractivity contribution in [2.45, 2.75) is 16.7 Å². The average molecular weight is 590 g/mol. The van der Waals surface area contributed by atoms with Crippen molar-refractivity contribution in [1.82, 2.24) is 4.31 Å². The lowest BCUT2D eigenvalue weighted by molar-refractivity contribution is -0.114. The molecule has 1 fully saturated rings. The number of carbonyl (C=O) groups is 1. The van der Waals surface area contributed by atoms with Gasteiger partial charge in [-0.3, -0.25) is 9.10 Å². The van der Waals surface area contributed by atoms with Gasteiger partial charge in [0.25, 0.3) is 10.0 Å². The van der Waals surface area contributed by atoms with Gasteiger partial charge in [0.1, 0.15) is 18.0 Å². The normalized spacial score (nSPS) is 14.3. The Morgan fingerprint density at radius 2 is 1.60 bits per heavy atom. The zero-order chi connectivity index (χ0) is 28.8. The molecule has 1 aliphatic rings. The maximum atomic E-state index is 13.7. The minimum atomic E-state index is -4.16. The van der Waals surface area contributed by atoms with E-state index in [0.717, 1.165) is 4.31 Å². The van der Waals surface area contributed by atoms with E-state index in [1.807, 2.05) is 6.92 Å². The van der Waals surface area contributed by atoms with E-state index in [-0.39, 0.29) is 53.2 Å². The Morgan fingerprint density at radius 1 is 0.950 bits per heavy atom. The molecule has 1 saturated heterocycles. The fourth-order valence-electron chi connectivity index (χ4n) is 4.11. The predicted octanol–water partition coefficient (Wildman–Crippen LogP) is 2.95. The van der Waals surface area contributed by atoms with Gasteiger partial charge in [-0.25, -0.2) is 16.8 Å². The van der Waals surface area contributed by atoms with Crippen LogP contribution in [-0.4, -0.2) is 73.6 Å². The van der Waals surface area contributed by atoms with Gasteiger partial charge in [-0.1, -0.05) is 18.2 Å². The Bertz CT molecular complexity index is 1520. The van der Waals surface area contributed by atoms with E-state index in [9.17, 15) is 21.6 Å². The number of sulfonamides is 2. The monoisotopic (exact) mass is 589 g/mol. The van der Waals surface area contributed by atoms with Crippen molar-refractivity contribution in [2.75, 3.05) is 56.2 Å². The van der Waals surface area contributed by atoms with Crippen LogP contribution in [0.4, 0.5) is 11.4 Å². The molecule has 214 valence electrons. The number of anilines is 2. The molecule has 0 bridgehead atoms. The van der Waals surface area contributed by atoms with Gasteiger partial charge >= 0.3 is 0 Å². The highest BCUT2D eigenvalue weighted by Crippen LogP contribution is 2.30. The molecule has 0 aromatic heterocycles. The van der Waals surface area contributed by atoms with Gasteiger partial charge in [-0.05, 0) is 61.5 Å². The van der Waals surface area contributed by atoms with Crippen molar-refractivity contribution in [1.29, 1.82) is 0 Å². The van der Waals surface area contributed by atoms with Gasteiger partial charge in [0.15, 0.2) is 0 Å². The maximum absolute atomic E-state index is 13.7. The number of carbonyl (C=O) groups excluding carboxylic acids is 1. The van der Waals surface area contributed by atoms with E-state index in [1.54, 1.807) is 42.5 Å². The van der Waals surface area contributed by atoms with Crippen LogP contribution in [0.3, 0.4) is 0 Å². The lowest BCUT2D eigenvalue weighted by atomic mass is 10.3. The van der Waals surface area contributed by atoms with Crippen LogP contribution < -0.4 is 19.1 Å². The number of methoxy groups -OCH3 is 1. The smallest absolute Gasteiger partial charge is 0.264 e. The van der Waals surface area contributed by atoms with Gasteiger partial charge in [-0.15, -0.1) is 0 Å². The van der Waals surface area contributed by atoms with Crippen LogP contribution in [0, 0.1) is 0 Å². The molecule has 0 unspecified atom stereocenters. The van der Waals surface area contributed by atoms with Gasteiger partial charge in [-0.2, -0.15) is 4.31 Å². The first-order valence-corrected chi connectivity index (χ1v) is 15.4. The molecular formula is C27H31N3O8S2. The third-order valence-corrected chi connectivity index (χ3v) is 9.79. The van der Waals surface area contributed by atoms with Crippen LogP contribution in [0.15, 0.2) is 82.6 Å². The van der Waals surface area contributed by atoms with Crippen molar-refractivity contribution >= 4 is 37.3 Å². The SMILES string of the molecule is CCOc1ccc(S(=O)(=O)N(CC(=O)Nc2cc(S(=O)(=O)N3CCOCC3)ccc2OC)c2ccccc2)cc1. The van der Waals surface area contributed by atoms with E-state index < -0.39 is 32.5 Å². The molecule has 1 aliphatic heterocycles. The van der Waals surface area contributed by atoms with E-state index >= 15 is 0 Å². The summed E-state index contributed by atoms with van der Waals surface area (Å²) in [5, 5.41) is 2.63. The van der Waals surface area contributed by atoms with Gasteiger partial charge in [0.2, 0.25) is 15.9 Å². The molecule has 4 rings (SSSR count). The lowest BCUT2D eigenvalue weighted by Gasteiger charge is -2.26. The van der Waals surface area contributed by atoms with Crippen LogP contribution in [-0.2, 0) is 29.6 Å². The molecule has 1 amide bonds. The molecule has 0 atom stereocenters. The van der Waals surface area contributed by atoms with Crippen molar-refractivity contribution in [3.8, 4) is 11.5 Å². The molecule has 0 spiro atoms. The number of para-hydroxylation sites is 1. The zero-order valence-electron chi connectivity index (χ0n) is 22.1. The summed E-state index contributed by atoms with van der Waals surface area (Å²) in [7, 11) is -6.63. The number of hydrogen-bond acceptors (Lipinski definition) is 8. The summed E-state index contributed by atoms with van der Waals surface area (Å²) in [6.45, 7) is 2.68. The fourth-order valence-corrected chi connectivity index (χ4v) is 6.97. The predicted molar refractivity (Wildman–Crippen MR) is 150 cm³/mol. The third-order valence-electron chi connectivity index (χ3n) is 6.11. The first kappa shape index (κ1) is 29.3. The van der Waals surface area contributed by atoms with E-state index in [0.29, 0.717) is 12.4 Å². The summed E-state index contributed by atoms with van der Waals surface area (Å²) in [6, 6.07) is 18.3. The van der Waals surface area contributed by atoms with Crippen LogP contribution in [0.5, 0.6) is 11.5 Å². The standard InChI is InChI=1S/C27H31N3O8S2/c1-3-38-22-9-11-23(12-10-22)40(34,35)30(21-7-5-4-6-8-21)20-27(31)28-25-19-24(13-14-26(25)36-2)39(32,33)29-15-17-37-18-16-29/h4-14,19H,3,15-18,20H2,1-2H3,(H,28,31). The second kappa shape index (κ2) is 12.7. The highest BCUT2D eigenvalue weighted by atomic mass is 32.2. The summed E-state index contributed by atoms with van der Waals surface area (Å²) in [5.41, 5.74) is 0.371. The highest BCUT2D eigenvalue weighted by molar-refractivity contribution is 7.92. The fraction of sp³-hybridized carbons (Fsp3) is 0.296. The molecule has 3 aromatic rings. The second-order valence-corrected chi connectivity index (χ2v) is 12.5. The number of benzene rings is 3. The molecule has 1 heterocycles. The molecule has 0 saturated carbocycles. The lowest BCUT2D eigenvalue weighted by Crippen LogP contribution is -2.40. The van der Waals surface area contributed by atoms with Gasteiger partial charge in [0.05, 0.1) is 48.1 Å². The molecule has 1 N–H and O–H groups in total. The molecule has 11 nitrogen and oxygen atoms in total. The van der Waals surface area contributed by atoms with Crippen molar-refractivity contribution in [2.24, 2.45) is 0 Å². The molecular weight excluding hydrogens is 558 g/mol. The Hall–Kier alpha value is -3.65. The number of nitrogens with one attached hydrogen (secondary N) is 1. The molecule has 13 heteroatoms. The second-order valence-electron chi connectivity index (χ2n) is 8.68. The number of ether oxygens (including phenoxy) is 3. The van der Waals surface area contributed by atoms with Gasteiger partial charge in [0, 0.05) is 13.1 Å². The highest BCUT2D eigenvalue weighted by Gasteiger charge is 2.29. The van der Waals surface area contributed by atoms with Crippen molar-refractivity contribution < 1.29 is 35.8 Å². The summed E-state index contributed by atoms with van der Waals surface area (Å²) in [4.78, 5) is 13.2. The Kier molecular flexibility index (Phi) is 9.30. The quantitative estimate of drug-likeness (QED) is 0.361. The minimum Gasteiger partial charge on any atom is -0.495 e. The number of amides is 1. The van der Waals surface area contributed by atoms with Crippen LogP contribution in [0.25, 0.3) is 0 Å². The average Bonchev–Trinajstić information content (AvgIpc) is 2.97.